The molecule has 3 amide bonds. The van der Waals surface area contributed by atoms with Crippen molar-refractivity contribution in [2.24, 2.45) is 5.16 Å². The number of thiazole rings is 1. The fourth-order valence-corrected chi connectivity index (χ4v) is 8.73. The molecule has 3 aromatic rings. The van der Waals surface area contributed by atoms with Crippen molar-refractivity contribution in [3.05, 3.63) is 44.1 Å². The number of amides is 3. The number of carbonyl (C=O) groups excluding carboxylic acids is 3. The molecule has 0 saturated carbocycles. The van der Waals surface area contributed by atoms with Crippen molar-refractivity contribution >= 4 is 86.5 Å². The third-order valence-electron chi connectivity index (χ3n) is 9.04. The number of aromatic hydroxyl groups is 2. The number of fused-ring (bicyclic) bond motifs is 1. The molecule has 3 aliphatic rings. The first-order valence-corrected chi connectivity index (χ1v) is 18.7. The highest BCUT2D eigenvalue weighted by Crippen LogP contribution is 2.44. The first kappa shape index (κ1) is 38.0. The number of nitrogens with two attached hydrogens (primary N) is 1. The van der Waals surface area contributed by atoms with Crippen LogP contribution in [0, 0.1) is 0 Å². The summed E-state index contributed by atoms with van der Waals surface area (Å²) in [6.07, 6.45) is 1.89. The van der Waals surface area contributed by atoms with Crippen LogP contribution in [-0.4, -0.2) is 130 Å². The zero-order valence-corrected chi connectivity index (χ0v) is 31.2. The van der Waals surface area contributed by atoms with Gasteiger partial charge < -0.3 is 46.1 Å². The van der Waals surface area contributed by atoms with Crippen molar-refractivity contribution in [3.8, 4) is 11.5 Å². The van der Waals surface area contributed by atoms with Crippen LogP contribution in [0.5, 0.6) is 11.5 Å². The number of hydrogen-bond acceptors (Lipinski definition) is 15. The van der Waals surface area contributed by atoms with Gasteiger partial charge in [-0.15, -0.1) is 11.8 Å². The maximum atomic E-state index is 13.9. The van der Waals surface area contributed by atoms with Crippen LogP contribution >= 0.6 is 46.3 Å². The van der Waals surface area contributed by atoms with Crippen LogP contribution in [0.2, 0.25) is 9.36 Å². The van der Waals surface area contributed by atoms with Crippen LogP contribution in [0.4, 0.5) is 5.13 Å². The molecule has 5 heterocycles. The molecule has 2 aromatic heterocycles. The Morgan fingerprint density at radius 3 is 2.60 bits per heavy atom. The fourth-order valence-electron chi connectivity index (χ4n) is 6.22. The van der Waals surface area contributed by atoms with Crippen molar-refractivity contribution in [2.45, 2.75) is 43.7 Å². The largest absolute Gasteiger partial charge is 0.504 e. The first-order valence-electron chi connectivity index (χ1n) is 16.0. The predicted octanol–water partition coefficient (Wildman–Crippen LogP) is 1.02. The third kappa shape index (κ3) is 7.56. The number of rotatable bonds is 13. The topological polar surface area (TPSA) is 270 Å². The number of hydrogen-bond donors (Lipinski definition) is 6. The maximum Gasteiger partial charge on any atom is 0.350 e. The SMILES string of the molecule is CC(C)(O/N=C(\C(=O)N[C@@H]1C(=O)N2C(c3nnn[n-]3)=C(C[N+]3(CCNC(=O)c4ccc(O)c(O)c4Cl)CCCC3)CS[C@H]12)c1nc(N)sc1Cl)C(=O)O. The highest BCUT2D eigenvalue weighted by molar-refractivity contribution is 8.00. The first-order chi connectivity index (χ1) is 25.1. The van der Waals surface area contributed by atoms with E-state index in [1.807, 2.05) is 0 Å². The van der Waals surface area contributed by atoms with Gasteiger partial charge in [-0.1, -0.05) is 39.7 Å². The number of likely N-dealkylation sites (tertiary alicyclic amines) is 1. The Labute approximate surface area is 319 Å². The van der Waals surface area contributed by atoms with Crippen molar-refractivity contribution in [1.29, 1.82) is 0 Å². The van der Waals surface area contributed by atoms with Crippen LogP contribution in [0.25, 0.3) is 5.70 Å². The van der Waals surface area contributed by atoms with Gasteiger partial charge in [0, 0.05) is 24.2 Å². The van der Waals surface area contributed by atoms with E-state index in [9.17, 15) is 34.5 Å². The molecule has 2 saturated heterocycles. The number of benzene rings is 1. The van der Waals surface area contributed by atoms with Gasteiger partial charge in [-0.05, 0) is 26.0 Å². The number of halogens is 2. The van der Waals surface area contributed by atoms with E-state index in [0.29, 0.717) is 29.0 Å². The highest BCUT2D eigenvalue weighted by atomic mass is 35.5. The molecule has 1 aromatic carbocycles. The lowest BCUT2D eigenvalue weighted by Gasteiger charge is -2.51. The number of tetrazole rings is 1. The molecule has 23 heteroatoms. The summed E-state index contributed by atoms with van der Waals surface area (Å²) < 4.78 is 0.596. The Bertz CT molecular complexity index is 2020. The molecule has 6 rings (SSSR count). The van der Waals surface area contributed by atoms with Gasteiger partial charge in [-0.25, -0.2) is 9.78 Å². The van der Waals surface area contributed by atoms with Crippen molar-refractivity contribution in [1.82, 2.24) is 41.1 Å². The number of phenolic OH excluding ortho intramolecular Hbond substituents is 2. The lowest BCUT2D eigenvalue weighted by Crippen LogP contribution is -2.70. The Balaban J connectivity index is 1.21. The molecule has 3 aliphatic heterocycles. The van der Waals surface area contributed by atoms with Crippen LogP contribution in [0.15, 0.2) is 22.9 Å². The number of phenols is 2. The van der Waals surface area contributed by atoms with Crippen LogP contribution in [0.1, 0.15) is 48.6 Å². The molecular weight excluding hydrogens is 777 g/mol. The van der Waals surface area contributed by atoms with E-state index in [-0.39, 0.29) is 38.1 Å². The minimum absolute atomic E-state index is 0.00642. The van der Waals surface area contributed by atoms with Gasteiger partial charge in [0.2, 0.25) is 5.60 Å². The van der Waals surface area contributed by atoms with Gasteiger partial charge >= 0.3 is 5.97 Å². The molecular formula is C30H33Cl2N11O8S2. The summed E-state index contributed by atoms with van der Waals surface area (Å²) in [5, 5.41) is 53.0. The van der Waals surface area contributed by atoms with Gasteiger partial charge in [0.15, 0.2) is 22.3 Å². The van der Waals surface area contributed by atoms with Crippen molar-refractivity contribution in [2.75, 3.05) is 44.2 Å². The van der Waals surface area contributed by atoms with E-state index in [4.69, 9.17) is 33.8 Å². The normalized spacial score (nSPS) is 19.8. The Hall–Kier alpha value is -4.70. The lowest BCUT2D eigenvalue weighted by molar-refractivity contribution is -0.911. The zero-order valence-electron chi connectivity index (χ0n) is 28.1. The molecule has 0 unspecified atom stereocenters. The molecule has 2 atom stereocenters. The Morgan fingerprint density at radius 1 is 1.23 bits per heavy atom. The van der Waals surface area contributed by atoms with Gasteiger partial charge in [-0.3, -0.25) is 29.6 Å². The van der Waals surface area contributed by atoms with E-state index >= 15 is 0 Å². The molecule has 0 radical (unpaired) electrons. The molecule has 53 heavy (non-hydrogen) atoms. The van der Waals surface area contributed by atoms with E-state index in [0.717, 1.165) is 42.8 Å². The fraction of sp³-hybridized carbons (Fsp3) is 0.433. The maximum absolute atomic E-state index is 13.9. The number of carboxylic acids is 1. The average Bonchev–Trinajstić information content (AvgIpc) is 3.88. The number of nitrogens with one attached hydrogen (secondary N) is 2. The minimum Gasteiger partial charge on any atom is -0.504 e. The van der Waals surface area contributed by atoms with Gasteiger partial charge in [0.05, 0.1) is 48.3 Å². The number of aromatic nitrogens is 5. The Kier molecular flexibility index (Phi) is 10.7. The van der Waals surface area contributed by atoms with Crippen molar-refractivity contribution in [3.63, 3.8) is 0 Å². The zero-order chi connectivity index (χ0) is 38.2. The minimum atomic E-state index is -1.81. The number of β-lactam (4-membered cyclic amide) rings is 1. The van der Waals surface area contributed by atoms with Gasteiger partial charge in [-0.2, -0.15) is 5.21 Å². The quantitative estimate of drug-likeness (QED) is 0.0463. The summed E-state index contributed by atoms with van der Waals surface area (Å²) in [6, 6.07) is 1.47. The summed E-state index contributed by atoms with van der Waals surface area (Å²) in [5.41, 5.74) is 4.68. The second kappa shape index (κ2) is 15.0. The molecule has 0 spiro atoms. The molecule has 19 nitrogen and oxygen atoms in total. The standard InChI is InChI=1S/C30H33Cl2N11O8S2/c1-30(2,28(49)50)51-39-18(17-22(32)53-29(33)36-17)25(47)35-19-26(48)42-20(23-37-40-41-38-23)13(12-52-27(19)42)11-43(8-3-4-9-43)10-7-34-24(46)14-5-6-15(44)21(45)16(14)31/h5-6,19,27H,3-4,7-12H2,1-2H3,(H7-,33,34,35,36,37,38,39,40,41,44,45,46,47,49,50)/t19-,27-/m1/s1. The third-order valence-corrected chi connectivity index (χ3v) is 11.8. The smallest absolute Gasteiger partial charge is 0.350 e. The number of carboxylic acid groups (broad SMARTS) is 1. The number of nitrogen functional groups attached to an aromatic ring is 1. The monoisotopic (exact) mass is 809 g/mol. The Morgan fingerprint density at radius 2 is 1.96 bits per heavy atom. The lowest BCUT2D eigenvalue weighted by atomic mass is 10.0. The number of quaternary nitrogens is 1. The number of oxime groups is 1. The summed E-state index contributed by atoms with van der Waals surface area (Å²) >= 11 is 14.6. The second-order valence-electron chi connectivity index (χ2n) is 13.0. The molecule has 7 N–H and O–H groups in total. The van der Waals surface area contributed by atoms with Gasteiger partial charge in [0.1, 0.15) is 28.0 Å². The number of anilines is 1. The summed E-state index contributed by atoms with van der Waals surface area (Å²) in [7, 11) is 0. The second-order valence-corrected chi connectivity index (χ2v) is 16.1. The van der Waals surface area contributed by atoms with E-state index < -0.39 is 57.9 Å². The number of aliphatic carboxylic acids is 1. The number of nitrogens with zero attached hydrogens (tertiary/aromatic N) is 8. The van der Waals surface area contributed by atoms with E-state index in [1.54, 1.807) is 0 Å². The molecule has 2 fully saturated rings. The van der Waals surface area contributed by atoms with E-state index in [1.165, 1.54) is 42.6 Å². The summed E-state index contributed by atoms with van der Waals surface area (Å²) in [5.74, 6) is -3.65. The number of thioether (sulfide) groups is 1. The van der Waals surface area contributed by atoms with Crippen molar-refractivity contribution < 1.29 is 43.8 Å². The van der Waals surface area contributed by atoms with Crippen LogP contribution in [-0.2, 0) is 19.2 Å². The van der Waals surface area contributed by atoms with Crippen LogP contribution < -0.4 is 21.5 Å². The summed E-state index contributed by atoms with van der Waals surface area (Å²) in [4.78, 5) is 62.8. The highest BCUT2D eigenvalue weighted by Gasteiger charge is 2.54. The number of carbonyl (C=O) groups is 4. The average molecular weight is 811 g/mol. The molecule has 282 valence electrons. The molecule has 0 aliphatic carbocycles. The van der Waals surface area contributed by atoms with E-state index in [2.05, 4.69) is 41.4 Å². The van der Waals surface area contributed by atoms with Crippen LogP contribution in [0.3, 0.4) is 0 Å². The molecule has 0 bridgehead atoms. The summed E-state index contributed by atoms with van der Waals surface area (Å²) in [6.45, 7) is 5.39. The van der Waals surface area contributed by atoms with Gasteiger partial charge in [0.25, 0.3) is 17.7 Å². The predicted molar refractivity (Wildman–Crippen MR) is 192 cm³/mol.